The normalized spacial score (nSPS) is 22.7. The quantitative estimate of drug-likeness (QED) is 0.597. The molecule has 31 heavy (non-hydrogen) atoms. The number of ketones is 1. The van der Waals surface area contributed by atoms with E-state index in [0.29, 0.717) is 23.6 Å². The monoisotopic (exact) mass is 446 g/mol. The molecule has 1 aromatic carbocycles. The van der Waals surface area contributed by atoms with Crippen molar-refractivity contribution in [2.75, 3.05) is 16.8 Å². The highest BCUT2D eigenvalue weighted by atomic mass is 32.1. The number of carbonyl (C=O) groups excluding carboxylic acids is 1. The summed E-state index contributed by atoms with van der Waals surface area (Å²) < 4.78 is 42.7. The summed E-state index contributed by atoms with van der Waals surface area (Å²) in [5.41, 5.74) is 1.02. The highest BCUT2D eigenvalue weighted by Gasteiger charge is 2.38. The van der Waals surface area contributed by atoms with Gasteiger partial charge in [0.1, 0.15) is 29.3 Å². The molecule has 0 radical (unpaired) electrons. The van der Waals surface area contributed by atoms with E-state index in [1.807, 2.05) is 0 Å². The molecule has 1 saturated heterocycles. The molecular weight excluding hydrogens is 429 g/mol. The van der Waals surface area contributed by atoms with E-state index < -0.39 is 23.8 Å². The van der Waals surface area contributed by atoms with Gasteiger partial charge in [-0.25, -0.2) is 22.7 Å². The summed E-state index contributed by atoms with van der Waals surface area (Å²) in [5.74, 6) is -0.839. The Balaban J connectivity index is 1.45. The molecule has 2 aliphatic rings. The van der Waals surface area contributed by atoms with Gasteiger partial charge in [-0.1, -0.05) is 0 Å². The van der Waals surface area contributed by atoms with Gasteiger partial charge in [-0.15, -0.1) is 0 Å². The predicted octanol–water partition coefficient (Wildman–Crippen LogP) is 2.92. The molecule has 1 aliphatic heterocycles. The molecule has 7 nitrogen and oxygen atoms in total. The minimum absolute atomic E-state index is 0.0280. The zero-order valence-corrected chi connectivity index (χ0v) is 16.9. The lowest BCUT2D eigenvalue weighted by Gasteiger charge is -2.25. The maximum absolute atomic E-state index is 14.4. The Morgan fingerprint density at radius 1 is 1.26 bits per heavy atom. The molecule has 2 fully saturated rings. The summed E-state index contributed by atoms with van der Waals surface area (Å²) in [6.07, 6.45) is 2.75. The number of hydrogen-bond donors (Lipinski definition) is 2. The molecule has 0 spiro atoms. The van der Waals surface area contributed by atoms with Crippen LogP contribution in [-0.2, 0) is 4.79 Å². The lowest BCUT2D eigenvalue weighted by atomic mass is 10.0. The Morgan fingerprint density at radius 3 is 2.84 bits per heavy atom. The number of hydrogen-bond acceptors (Lipinski definition) is 5. The number of nitrogens with zero attached hydrogens (tertiary/aromatic N) is 4. The predicted molar refractivity (Wildman–Crippen MR) is 112 cm³/mol. The first-order chi connectivity index (χ1) is 14.9. The van der Waals surface area contributed by atoms with Crippen LogP contribution in [0.25, 0.3) is 5.65 Å². The number of alkyl halides is 1. The number of nitrogens with one attached hydrogen (secondary N) is 2. The van der Waals surface area contributed by atoms with Crippen LogP contribution in [0.4, 0.5) is 24.7 Å². The van der Waals surface area contributed by atoms with Gasteiger partial charge >= 0.3 is 0 Å². The van der Waals surface area contributed by atoms with Crippen molar-refractivity contribution in [2.45, 2.75) is 31.1 Å². The van der Waals surface area contributed by atoms with Crippen LogP contribution in [0.3, 0.4) is 0 Å². The number of rotatable bonds is 4. The van der Waals surface area contributed by atoms with Crippen molar-refractivity contribution >= 4 is 40.3 Å². The fourth-order valence-corrected chi connectivity index (χ4v) is 3.99. The largest absolute Gasteiger partial charge is 0.357 e. The summed E-state index contributed by atoms with van der Waals surface area (Å²) in [6, 6.07) is 3.89. The first kappa shape index (κ1) is 19.7. The van der Waals surface area contributed by atoms with Crippen molar-refractivity contribution in [2.24, 2.45) is 0 Å². The van der Waals surface area contributed by atoms with Crippen molar-refractivity contribution in [3.63, 3.8) is 0 Å². The first-order valence-electron chi connectivity index (χ1n) is 9.68. The average Bonchev–Trinajstić information content (AvgIpc) is 3.11. The molecule has 2 N–H and O–H groups in total. The summed E-state index contributed by atoms with van der Waals surface area (Å²) in [6.45, 7) is 0.0280. The number of Topliss-reactive ketones (excluding diaryl/α,β-unsaturated/α-hetero) is 1. The maximum Gasteiger partial charge on any atom is 0.180 e. The van der Waals surface area contributed by atoms with Crippen LogP contribution in [0.1, 0.15) is 24.4 Å². The van der Waals surface area contributed by atoms with E-state index in [1.165, 1.54) is 10.7 Å². The van der Waals surface area contributed by atoms with Gasteiger partial charge in [-0.3, -0.25) is 4.79 Å². The number of aromatic nitrogens is 3. The fourth-order valence-electron chi connectivity index (χ4n) is 3.73. The van der Waals surface area contributed by atoms with E-state index in [1.54, 1.807) is 17.2 Å². The van der Waals surface area contributed by atoms with Gasteiger partial charge in [0, 0.05) is 24.6 Å². The third-order valence-corrected chi connectivity index (χ3v) is 5.61. The van der Waals surface area contributed by atoms with Crippen molar-refractivity contribution in [1.29, 1.82) is 0 Å². The van der Waals surface area contributed by atoms with Crippen LogP contribution >= 0.6 is 12.2 Å². The Hall–Kier alpha value is -3.21. The number of fused-ring (bicyclic) bond motifs is 1. The standard InChI is InChI=1S/C20H17F3N6OS/c21-10-1-2-13(22)12(5-10)17-6-11(30)9-28(17)18-3-4-29-19(27-18)16(8-24-29)26-20(31)25-15-7-14(15)23/h1-5,8,14-15,17H,6-7,9H2,(H2,25,26,31)/t14-,15+,17-/m1/s1. The Labute approximate surface area is 180 Å². The molecule has 3 atom stereocenters. The zero-order valence-electron chi connectivity index (χ0n) is 16.1. The van der Waals surface area contributed by atoms with E-state index in [9.17, 15) is 18.0 Å². The summed E-state index contributed by atoms with van der Waals surface area (Å²) >= 11 is 5.21. The van der Waals surface area contributed by atoms with Crippen LogP contribution in [0.2, 0.25) is 0 Å². The summed E-state index contributed by atoms with van der Waals surface area (Å²) in [4.78, 5) is 18.4. The second kappa shape index (κ2) is 7.49. The van der Waals surface area contributed by atoms with Gasteiger partial charge in [0.15, 0.2) is 16.5 Å². The Morgan fingerprint density at radius 2 is 2.06 bits per heavy atom. The molecule has 5 rings (SSSR count). The van der Waals surface area contributed by atoms with E-state index >= 15 is 0 Å². The SMILES string of the molecule is O=C1C[C@H](c2cc(F)ccc2F)N(c2ccn3ncc(NC(=S)N[C@H]4C[C@H]4F)c3n2)C1. The molecule has 1 saturated carbocycles. The molecule has 1 aliphatic carbocycles. The van der Waals surface area contributed by atoms with Crippen molar-refractivity contribution < 1.29 is 18.0 Å². The molecule has 0 bridgehead atoms. The van der Waals surface area contributed by atoms with E-state index in [-0.39, 0.29) is 35.5 Å². The van der Waals surface area contributed by atoms with Gasteiger partial charge in [0.25, 0.3) is 0 Å². The molecule has 3 heterocycles. The Bertz CT molecular complexity index is 1200. The Kier molecular flexibility index (Phi) is 4.77. The molecule has 160 valence electrons. The third kappa shape index (κ3) is 3.80. The average molecular weight is 446 g/mol. The summed E-state index contributed by atoms with van der Waals surface area (Å²) in [7, 11) is 0. The lowest BCUT2D eigenvalue weighted by molar-refractivity contribution is -0.116. The van der Waals surface area contributed by atoms with Crippen LogP contribution < -0.4 is 15.5 Å². The van der Waals surface area contributed by atoms with Crippen molar-refractivity contribution in [3.05, 3.63) is 53.9 Å². The summed E-state index contributed by atoms with van der Waals surface area (Å²) in [5, 5.41) is 10.3. The van der Waals surface area contributed by atoms with Crippen LogP contribution in [0.15, 0.2) is 36.7 Å². The first-order valence-corrected chi connectivity index (χ1v) is 10.1. The second-order valence-corrected chi connectivity index (χ2v) is 8.03. The van der Waals surface area contributed by atoms with Crippen molar-refractivity contribution in [1.82, 2.24) is 19.9 Å². The van der Waals surface area contributed by atoms with Gasteiger partial charge < -0.3 is 15.5 Å². The molecule has 3 aromatic rings. The topological polar surface area (TPSA) is 74.6 Å². The van der Waals surface area contributed by atoms with Gasteiger partial charge in [0.05, 0.1) is 24.8 Å². The fraction of sp³-hybridized carbons (Fsp3) is 0.300. The van der Waals surface area contributed by atoms with Crippen molar-refractivity contribution in [3.8, 4) is 0 Å². The van der Waals surface area contributed by atoms with E-state index in [4.69, 9.17) is 12.2 Å². The minimum Gasteiger partial charge on any atom is -0.357 e. The van der Waals surface area contributed by atoms with Crippen LogP contribution in [0, 0.1) is 11.6 Å². The molecular formula is C20H17F3N6OS. The van der Waals surface area contributed by atoms with Crippen LogP contribution in [0.5, 0.6) is 0 Å². The highest BCUT2D eigenvalue weighted by molar-refractivity contribution is 7.80. The number of benzene rings is 1. The number of thiocarbonyl (C=S) groups is 1. The number of anilines is 2. The smallest absolute Gasteiger partial charge is 0.180 e. The molecule has 0 unspecified atom stereocenters. The number of halogens is 3. The maximum atomic E-state index is 14.4. The van der Waals surface area contributed by atoms with Crippen LogP contribution in [-0.4, -0.2) is 44.3 Å². The highest BCUT2D eigenvalue weighted by Crippen LogP contribution is 2.36. The van der Waals surface area contributed by atoms with E-state index in [2.05, 4.69) is 20.7 Å². The minimum atomic E-state index is -0.902. The van der Waals surface area contributed by atoms with Gasteiger partial charge in [0.2, 0.25) is 0 Å². The van der Waals surface area contributed by atoms with Gasteiger partial charge in [-0.05, 0) is 36.5 Å². The zero-order chi connectivity index (χ0) is 21.7. The molecule has 11 heteroatoms. The third-order valence-electron chi connectivity index (χ3n) is 5.39. The van der Waals surface area contributed by atoms with E-state index in [0.717, 1.165) is 18.2 Å². The number of carbonyl (C=O) groups is 1. The van der Waals surface area contributed by atoms with Gasteiger partial charge in [-0.2, -0.15) is 5.10 Å². The molecule has 0 amide bonds. The lowest BCUT2D eigenvalue weighted by Crippen LogP contribution is -2.31. The second-order valence-electron chi connectivity index (χ2n) is 7.62. The molecule has 2 aromatic heterocycles.